The maximum atomic E-state index is 2.46. The van der Waals surface area contributed by atoms with E-state index in [4.69, 9.17) is 0 Å². The van der Waals surface area contributed by atoms with E-state index in [1.165, 1.54) is 71.1 Å². The summed E-state index contributed by atoms with van der Waals surface area (Å²) in [6.07, 6.45) is 0. The summed E-state index contributed by atoms with van der Waals surface area (Å²) < 4.78 is 2.46. The van der Waals surface area contributed by atoms with Crippen molar-refractivity contribution in [2.24, 2.45) is 0 Å². The van der Waals surface area contributed by atoms with Gasteiger partial charge >= 0.3 is 0 Å². The van der Waals surface area contributed by atoms with Gasteiger partial charge in [-0.25, -0.2) is 0 Å². The molecule has 6 aromatic carbocycles. The number of para-hydroxylation sites is 1. The molecule has 1 nitrogen and oxygen atoms in total. The van der Waals surface area contributed by atoms with Crippen molar-refractivity contribution >= 4 is 48.9 Å². The second kappa shape index (κ2) is 6.94. The molecule has 0 saturated carbocycles. The predicted octanol–water partition coefficient (Wildman–Crippen LogP) is 9.32. The lowest BCUT2D eigenvalue weighted by Crippen LogP contribution is -1.83. The van der Waals surface area contributed by atoms with E-state index >= 15 is 0 Å². The molecule has 0 aliphatic carbocycles. The molecule has 2 aromatic heterocycles. The zero-order chi connectivity index (χ0) is 22.9. The first-order chi connectivity index (χ1) is 17.4. The lowest BCUT2D eigenvalue weighted by molar-refractivity contribution is 1.37. The molecule has 162 valence electrons. The fourth-order valence-electron chi connectivity index (χ4n) is 5.93. The number of rotatable bonds is 2. The average molecular weight is 444 g/mol. The Morgan fingerprint density at radius 3 is 1.91 bits per heavy atom. The highest BCUT2D eigenvalue weighted by Gasteiger charge is 2.19. The Bertz CT molecular complexity index is 2040. The molecule has 2 heterocycles. The van der Waals surface area contributed by atoms with Crippen LogP contribution in [0.25, 0.3) is 71.1 Å². The molecular weight excluding hydrogens is 422 g/mol. The maximum absolute atomic E-state index is 2.46. The van der Waals surface area contributed by atoms with Crippen LogP contribution in [-0.4, -0.2) is 4.40 Å². The number of hydrogen-bond acceptors (Lipinski definition) is 0. The molecule has 0 saturated heterocycles. The van der Waals surface area contributed by atoms with Crippen molar-refractivity contribution in [2.75, 3.05) is 0 Å². The molecule has 0 bridgehead atoms. The number of nitrogens with zero attached hydrogens (tertiary/aromatic N) is 1. The molecule has 0 amide bonds. The molecule has 35 heavy (non-hydrogen) atoms. The fraction of sp³-hybridized carbons (Fsp3) is 0. The highest BCUT2D eigenvalue weighted by molar-refractivity contribution is 6.31. The zero-order valence-electron chi connectivity index (χ0n) is 19.1. The SMILES string of the molecule is c1ccc(-c2cccc(-c3ccc4c(c3)c3cc5ccccc5c5c6ccccc6n4c35)c2)cc1. The van der Waals surface area contributed by atoms with Gasteiger partial charge in [0.1, 0.15) is 0 Å². The van der Waals surface area contributed by atoms with E-state index in [1.807, 2.05) is 0 Å². The van der Waals surface area contributed by atoms with Gasteiger partial charge in [-0.2, -0.15) is 0 Å². The van der Waals surface area contributed by atoms with Crippen molar-refractivity contribution in [1.82, 2.24) is 4.40 Å². The lowest BCUT2D eigenvalue weighted by Gasteiger charge is -2.07. The van der Waals surface area contributed by atoms with E-state index < -0.39 is 0 Å². The lowest BCUT2D eigenvalue weighted by atomic mass is 9.97. The Morgan fingerprint density at radius 2 is 1.03 bits per heavy atom. The highest BCUT2D eigenvalue weighted by Crippen LogP contribution is 2.43. The molecule has 0 aliphatic rings. The summed E-state index contributed by atoms with van der Waals surface area (Å²) in [4.78, 5) is 0. The van der Waals surface area contributed by atoms with Gasteiger partial charge in [-0.15, -0.1) is 0 Å². The van der Waals surface area contributed by atoms with Crippen molar-refractivity contribution in [1.29, 1.82) is 0 Å². The monoisotopic (exact) mass is 443 g/mol. The Hall–Kier alpha value is -4.62. The molecule has 0 atom stereocenters. The maximum Gasteiger partial charge on any atom is 0.0626 e. The van der Waals surface area contributed by atoms with Crippen molar-refractivity contribution < 1.29 is 0 Å². The molecule has 0 spiro atoms. The smallest absolute Gasteiger partial charge is 0.0626 e. The zero-order valence-corrected chi connectivity index (χ0v) is 19.1. The number of benzene rings is 6. The fourth-order valence-corrected chi connectivity index (χ4v) is 5.93. The molecular formula is C34H21N. The van der Waals surface area contributed by atoms with Crippen LogP contribution in [0.2, 0.25) is 0 Å². The molecule has 8 rings (SSSR count). The van der Waals surface area contributed by atoms with Crippen LogP contribution in [0.15, 0.2) is 127 Å². The third-order valence-electron chi connectivity index (χ3n) is 7.49. The van der Waals surface area contributed by atoms with E-state index in [0.29, 0.717) is 0 Å². The van der Waals surface area contributed by atoms with E-state index in [0.717, 1.165) is 0 Å². The van der Waals surface area contributed by atoms with Crippen molar-refractivity contribution in [3.8, 4) is 22.3 Å². The van der Waals surface area contributed by atoms with Crippen LogP contribution in [0.1, 0.15) is 0 Å². The Balaban J connectivity index is 1.46. The summed E-state index contributed by atoms with van der Waals surface area (Å²) in [5.41, 5.74) is 8.85. The topological polar surface area (TPSA) is 4.41 Å². The quantitative estimate of drug-likeness (QED) is 0.251. The van der Waals surface area contributed by atoms with E-state index in [1.54, 1.807) is 0 Å². The molecule has 8 aromatic rings. The van der Waals surface area contributed by atoms with Crippen LogP contribution < -0.4 is 0 Å². The van der Waals surface area contributed by atoms with Crippen LogP contribution in [0, 0.1) is 0 Å². The number of fused-ring (bicyclic) bond motifs is 8. The van der Waals surface area contributed by atoms with E-state index in [-0.39, 0.29) is 0 Å². The minimum Gasteiger partial charge on any atom is -0.308 e. The van der Waals surface area contributed by atoms with Gasteiger partial charge in [-0.1, -0.05) is 97.1 Å². The van der Waals surface area contributed by atoms with Gasteiger partial charge in [-0.3, -0.25) is 0 Å². The van der Waals surface area contributed by atoms with E-state index in [9.17, 15) is 0 Å². The number of hydrogen-bond donors (Lipinski definition) is 0. The molecule has 0 radical (unpaired) electrons. The predicted molar refractivity (Wildman–Crippen MR) is 149 cm³/mol. The summed E-state index contributed by atoms with van der Waals surface area (Å²) >= 11 is 0. The minimum absolute atomic E-state index is 1.24. The van der Waals surface area contributed by atoms with Gasteiger partial charge in [-0.05, 0) is 63.4 Å². The minimum atomic E-state index is 1.24. The van der Waals surface area contributed by atoms with Gasteiger partial charge < -0.3 is 4.40 Å². The molecule has 0 aliphatic heterocycles. The average Bonchev–Trinajstić information content (AvgIpc) is 3.44. The summed E-state index contributed by atoms with van der Waals surface area (Å²) in [5.74, 6) is 0. The Kier molecular flexibility index (Phi) is 3.72. The first-order valence-corrected chi connectivity index (χ1v) is 12.1. The second-order valence-corrected chi connectivity index (χ2v) is 9.40. The molecule has 1 heteroatoms. The second-order valence-electron chi connectivity index (χ2n) is 9.40. The highest BCUT2D eigenvalue weighted by atomic mass is 14.9. The van der Waals surface area contributed by atoms with Crippen molar-refractivity contribution in [3.05, 3.63) is 127 Å². The first kappa shape index (κ1) is 18.8. The van der Waals surface area contributed by atoms with Gasteiger partial charge in [0.2, 0.25) is 0 Å². The van der Waals surface area contributed by atoms with Crippen LogP contribution >= 0.6 is 0 Å². The van der Waals surface area contributed by atoms with Crippen molar-refractivity contribution in [3.63, 3.8) is 0 Å². The summed E-state index contributed by atoms with van der Waals surface area (Å²) in [7, 11) is 0. The van der Waals surface area contributed by atoms with Gasteiger partial charge in [0, 0.05) is 21.5 Å². The van der Waals surface area contributed by atoms with Crippen LogP contribution in [0.3, 0.4) is 0 Å². The van der Waals surface area contributed by atoms with Crippen LogP contribution in [0.5, 0.6) is 0 Å². The Morgan fingerprint density at radius 1 is 0.371 bits per heavy atom. The summed E-state index contributed by atoms with van der Waals surface area (Å²) in [5, 5.41) is 7.94. The third-order valence-corrected chi connectivity index (χ3v) is 7.49. The largest absolute Gasteiger partial charge is 0.308 e. The standard InChI is InChI=1S/C34H21N/c1-2-9-22(10-3-1)23-12-8-13-24(19-23)25-17-18-32-29(20-25)30-21-26-11-4-5-14-27(26)33-28-15-6-7-16-31(28)35(32)34(30)33/h1-21H. The van der Waals surface area contributed by atoms with Crippen molar-refractivity contribution in [2.45, 2.75) is 0 Å². The molecule has 0 fully saturated rings. The van der Waals surface area contributed by atoms with Gasteiger partial charge in [0.05, 0.1) is 16.6 Å². The summed E-state index contributed by atoms with van der Waals surface area (Å²) in [6.45, 7) is 0. The summed E-state index contributed by atoms with van der Waals surface area (Å²) in [6, 6.07) is 46.4. The first-order valence-electron chi connectivity index (χ1n) is 12.1. The Labute approximate surface area is 202 Å². The van der Waals surface area contributed by atoms with E-state index in [2.05, 4.69) is 132 Å². The molecule has 0 unspecified atom stereocenters. The van der Waals surface area contributed by atoms with Crippen LogP contribution in [-0.2, 0) is 0 Å². The van der Waals surface area contributed by atoms with Gasteiger partial charge in [0.25, 0.3) is 0 Å². The third kappa shape index (κ3) is 2.58. The number of aromatic nitrogens is 1. The molecule has 0 N–H and O–H groups in total. The van der Waals surface area contributed by atoms with Gasteiger partial charge in [0.15, 0.2) is 0 Å². The van der Waals surface area contributed by atoms with Crippen LogP contribution in [0.4, 0.5) is 0 Å². The normalized spacial score (nSPS) is 12.0.